The van der Waals surface area contributed by atoms with Crippen LogP contribution in [0.3, 0.4) is 0 Å². The standard InChI is InChI=1S/C10H11ClFN5O3/c11-7-5-8(16-10(13)15-7)17(2-14-5)9-6(19)4(12)3(1-18)20-9/h2-4,6,9,18-19H,1H2,(H2,13,15,16). The summed E-state index contributed by atoms with van der Waals surface area (Å²) in [6.45, 7) is -0.542. The van der Waals surface area contributed by atoms with Crippen molar-refractivity contribution in [2.75, 3.05) is 12.3 Å². The molecule has 4 unspecified atom stereocenters. The third kappa shape index (κ3) is 1.90. The van der Waals surface area contributed by atoms with Gasteiger partial charge in [0, 0.05) is 0 Å². The number of halogens is 2. The number of hydrogen-bond donors (Lipinski definition) is 3. The predicted octanol–water partition coefficient (Wildman–Crippen LogP) is -0.349. The Morgan fingerprint density at radius 3 is 2.90 bits per heavy atom. The Morgan fingerprint density at radius 2 is 2.25 bits per heavy atom. The number of fused-ring (bicyclic) bond motifs is 1. The zero-order valence-electron chi connectivity index (χ0n) is 10.0. The van der Waals surface area contributed by atoms with Crippen molar-refractivity contribution in [2.24, 2.45) is 0 Å². The third-order valence-corrected chi connectivity index (χ3v) is 3.40. The number of hydrogen-bond acceptors (Lipinski definition) is 7. The normalized spacial score (nSPS) is 30.2. The molecule has 3 rings (SSSR count). The van der Waals surface area contributed by atoms with Crippen LogP contribution in [0.1, 0.15) is 6.23 Å². The number of ether oxygens (including phenoxy) is 1. The molecule has 1 aliphatic heterocycles. The minimum atomic E-state index is -1.71. The molecule has 2 aromatic heterocycles. The molecule has 0 bridgehead atoms. The lowest BCUT2D eigenvalue weighted by molar-refractivity contribution is -0.0495. The molecule has 2 aromatic rings. The van der Waals surface area contributed by atoms with Gasteiger partial charge in [0.05, 0.1) is 12.9 Å². The molecule has 1 fully saturated rings. The minimum absolute atomic E-state index is 0.0502. The van der Waals surface area contributed by atoms with Crippen molar-refractivity contribution in [3.05, 3.63) is 11.5 Å². The minimum Gasteiger partial charge on any atom is -0.394 e. The van der Waals surface area contributed by atoms with Crippen LogP contribution in [-0.2, 0) is 4.74 Å². The second kappa shape index (κ2) is 4.77. The van der Waals surface area contributed by atoms with Crippen molar-refractivity contribution in [3.63, 3.8) is 0 Å². The Bertz CT molecular complexity index is 653. The first-order valence-corrected chi connectivity index (χ1v) is 6.14. The molecule has 1 aliphatic rings. The summed E-state index contributed by atoms with van der Waals surface area (Å²) in [4.78, 5) is 11.7. The number of anilines is 1. The highest BCUT2D eigenvalue weighted by molar-refractivity contribution is 6.33. The Morgan fingerprint density at radius 1 is 1.50 bits per heavy atom. The van der Waals surface area contributed by atoms with Crippen molar-refractivity contribution in [1.29, 1.82) is 0 Å². The second-order valence-electron chi connectivity index (χ2n) is 4.38. The fourth-order valence-corrected chi connectivity index (χ4v) is 2.39. The Labute approximate surface area is 117 Å². The fraction of sp³-hybridized carbons (Fsp3) is 0.500. The monoisotopic (exact) mass is 303 g/mol. The summed E-state index contributed by atoms with van der Waals surface area (Å²) in [6, 6.07) is 0. The van der Waals surface area contributed by atoms with Gasteiger partial charge in [-0.25, -0.2) is 9.37 Å². The van der Waals surface area contributed by atoms with Crippen LogP contribution in [0.5, 0.6) is 0 Å². The van der Waals surface area contributed by atoms with Crippen molar-refractivity contribution in [3.8, 4) is 0 Å². The number of nitrogens with two attached hydrogens (primary N) is 1. The first kappa shape index (κ1) is 13.4. The summed E-state index contributed by atoms with van der Waals surface area (Å²) >= 11 is 5.88. The predicted molar refractivity (Wildman–Crippen MR) is 66.6 cm³/mol. The number of alkyl halides is 1. The summed E-state index contributed by atoms with van der Waals surface area (Å²) in [6.07, 6.45) is -4.05. The van der Waals surface area contributed by atoms with Crippen LogP contribution in [0.15, 0.2) is 6.33 Å². The van der Waals surface area contributed by atoms with E-state index in [4.69, 9.17) is 27.2 Å². The van der Waals surface area contributed by atoms with Gasteiger partial charge in [0.2, 0.25) is 5.95 Å². The molecule has 0 radical (unpaired) electrons. The van der Waals surface area contributed by atoms with E-state index in [0.29, 0.717) is 0 Å². The molecule has 0 spiro atoms. The van der Waals surface area contributed by atoms with Crippen LogP contribution in [0.25, 0.3) is 11.2 Å². The van der Waals surface area contributed by atoms with Gasteiger partial charge >= 0.3 is 0 Å². The van der Waals surface area contributed by atoms with E-state index in [2.05, 4.69) is 15.0 Å². The first-order valence-electron chi connectivity index (χ1n) is 5.77. The Balaban J connectivity index is 2.07. The zero-order chi connectivity index (χ0) is 14.4. The molecule has 8 nitrogen and oxygen atoms in total. The maximum absolute atomic E-state index is 13.7. The fourth-order valence-electron chi connectivity index (χ4n) is 2.17. The molecule has 3 heterocycles. The molecule has 0 aliphatic carbocycles. The van der Waals surface area contributed by atoms with Crippen LogP contribution in [0, 0.1) is 0 Å². The van der Waals surface area contributed by atoms with Gasteiger partial charge in [0.25, 0.3) is 0 Å². The van der Waals surface area contributed by atoms with Crippen LogP contribution >= 0.6 is 11.6 Å². The highest BCUT2D eigenvalue weighted by Crippen LogP contribution is 2.33. The van der Waals surface area contributed by atoms with Gasteiger partial charge in [-0.2, -0.15) is 9.97 Å². The summed E-state index contributed by atoms with van der Waals surface area (Å²) in [5, 5.41) is 18.9. The largest absolute Gasteiger partial charge is 0.394 e. The number of aliphatic hydroxyl groups excluding tert-OH is 2. The highest BCUT2D eigenvalue weighted by Gasteiger charge is 2.45. The van der Waals surface area contributed by atoms with E-state index in [0.717, 1.165) is 0 Å². The van der Waals surface area contributed by atoms with Crippen molar-refractivity contribution in [2.45, 2.75) is 24.6 Å². The lowest BCUT2D eigenvalue weighted by atomic mass is 10.1. The van der Waals surface area contributed by atoms with E-state index in [-0.39, 0.29) is 22.3 Å². The zero-order valence-corrected chi connectivity index (χ0v) is 10.8. The average molecular weight is 304 g/mol. The molecule has 20 heavy (non-hydrogen) atoms. The van der Waals surface area contributed by atoms with Crippen molar-refractivity contribution in [1.82, 2.24) is 19.5 Å². The van der Waals surface area contributed by atoms with E-state index < -0.39 is 31.2 Å². The summed E-state index contributed by atoms with van der Waals surface area (Å²) in [5.41, 5.74) is 5.98. The lowest BCUT2D eigenvalue weighted by Gasteiger charge is -2.16. The smallest absolute Gasteiger partial charge is 0.223 e. The topological polar surface area (TPSA) is 119 Å². The SMILES string of the molecule is Nc1nc(Cl)c2ncn(C3OC(CO)C(F)C3O)c2n1. The number of rotatable bonds is 2. The first-order chi connectivity index (χ1) is 9.52. The van der Waals surface area contributed by atoms with Gasteiger partial charge in [-0.3, -0.25) is 4.57 Å². The van der Waals surface area contributed by atoms with Gasteiger partial charge in [0.1, 0.15) is 17.7 Å². The molecule has 4 N–H and O–H groups in total. The van der Waals surface area contributed by atoms with E-state index in [1.54, 1.807) is 0 Å². The number of imidazole rings is 1. The van der Waals surface area contributed by atoms with E-state index in [1.165, 1.54) is 10.9 Å². The Hall–Kier alpha value is -1.55. The molecule has 1 saturated heterocycles. The summed E-state index contributed by atoms with van der Waals surface area (Å²) in [7, 11) is 0. The molecule has 4 atom stereocenters. The Kier molecular flexibility index (Phi) is 3.21. The van der Waals surface area contributed by atoms with Crippen LogP contribution in [0.4, 0.5) is 10.3 Å². The summed E-state index contributed by atoms with van der Waals surface area (Å²) < 4.78 is 20.3. The second-order valence-corrected chi connectivity index (χ2v) is 4.74. The van der Waals surface area contributed by atoms with Gasteiger partial charge in [-0.05, 0) is 0 Å². The van der Waals surface area contributed by atoms with Crippen LogP contribution in [-0.4, -0.2) is 54.7 Å². The van der Waals surface area contributed by atoms with Gasteiger partial charge in [-0.15, -0.1) is 0 Å². The van der Waals surface area contributed by atoms with Crippen molar-refractivity contribution >= 4 is 28.7 Å². The van der Waals surface area contributed by atoms with Crippen LogP contribution < -0.4 is 5.73 Å². The molecule has 10 heteroatoms. The lowest BCUT2D eigenvalue weighted by Crippen LogP contribution is -2.29. The molecule has 0 aromatic carbocycles. The van der Waals surface area contributed by atoms with Gasteiger partial charge in [0.15, 0.2) is 23.2 Å². The van der Waals surface area contributed by atoms with E-state index in [1.807, 2.05) is 0 Å². The number of nitrogen functional groups attached to an aromatic ring is 1. The van der Waals surface area contributed by atoms with Crippen molar-refractivity contribution < 1.29 is 19.3 Å². The van der Waals surface area contributed by atoms with Gasteiger partial charge < -0.3 is 20.7 Å². The maximum Gasteiger partial charge on any atom is 0.223 e. The molecular weight excluding hydrogens is 293 g/mol. The number of aromatic nitrogens is 4. The quantitative estimate of drug-likeness (QED) is 0.649. The maximum atomic E-state index is 13.7. The molecular formula is C10H11ClFN5O3. The molecule has 108 valence electrons. The summed E-state index contributed by atoms with van der Waals surface area (Å²) in [5.74, 6) is -0.0766. The average Bonchev–Trinajstić information content (AvgIpc) is 2.93. The molecule has 0 amide bonds. The van der Waals surface area contributed by atoms with Gasteiger partial charge in [-0.1, -0.05) is 11.6 Å². The molecule has 0 saturated carbocycles. The highest BCUT2D eigenvalue weighted by atomic mass is 35.5. The number of aliphatic hydroxyl groups is 2. The third-order valence-electron chi connectivity index (χ3n) is 3.14. The number of nitrogens with zero attached hydrogens (tertiary/aromatic N) is 4. The van der Waals surface area contributed by atoms with Crippen LogP contribution in [0.2, 0.25) is 5.15 Å². The van der Waals surface area contributed by atoms with E-state index in [9.17, 15) is 9.50 Å². The van der Waals surface area contributed by atoms with E-state index >= 15 is 0 Å².